The highest BCUT2D eigenvalue weighted by Gasteiger charge is 2.36. The molecule has 1 amide bonds. The summed E-state index contributed by atoms with van der Waals surface area (Å²) < 4.78 is 40.4. The van der Waals surface area contributed by atoms with Gasteiger partial charge in [-0.25, -0.2) is 9.50 Å². The van der Waals surface area contributed by atoms with Crippen molar-refractivity contribution in [3.63, 3.8) is 0 Å². The third kappa shape index (κ3) is 4.67. The lowest BCUT2D eigenvalue weighted by Crippen LogP contribution is -2.30. The Labute approximate surface area is 170 Å². The highest BCUT2D eigenvalue weighted by molar-refractivity contribution is 7.16. The molecule has 1 atom stereocenters. The highest BCUT2D eigenvalue weighted by Crippen LogP contribution is 2.36. The van der Waals surface area contributed by atoms with Crippen LogP contribution < -0.4 is 5.32 Å². The molecule has 0 fully saturated rings. The SMILES string of the molecule is CCCC(C)NC(=O)C=Cc1c(-c2ccccc2C)nc2sc(C(F)(F)F)nn12. The second-order valence-corrected chi connectivity index (χ2v) is 7.75. The van der Waals surface area contributed by atoms with E-state index in [2.05, 4.69) is 15.4 Å². The van der Waals surface area contributed by atoms with Crippen molar-refractivity contribution in [1.29, 1.82) is 0 Å². The van der Waals surface area contributed by atoms with Crippen molar-refractivity contribution in [2.24, 2.45) is 0 Å². The van der Waals surface area contributed by atoms with Crippen LogP contribution in [0, 0.1) is 6.92 Å². The Kier molecular flexibility index (Phi) is 6.07. The maximum atomic E-state index is 13.1. The van der Waals surface area contributed by atoms with E-state index in [0.717, 1.165) is 28.5 Å². The van der Waals surface area contributed by atoms with Gasteiger partial charge in [0.1, 0.15) is 0 Å². The van der Waals surface area contributed by atoms with Crippen molar-refractivity contribution in [3.05, 3.63) is 46.6 Å². The Bertz CT molecular complexity index is 1050. The molecular formula is C20H21F3N4OS. The molecule has 29 heavy (non-hydrogen) atoms. The molecular weight excluding hydrogens is 401 g/mol. The first-order chi connectivity index (χ1) is 13.7. The Morgan fingerprint density at radius 2 is 2.07 bits per heavy atom. The number of rotatable bonds is 6. The second kappa shape index (κ2) is 8.36. The van der Waals surface area contributed by atoms with E-state index in [-0.39, 0.29) is 16.9 Å². The molecule has 0 aliphatic heterocycles. The fraction of sp³-hybridized carbons (Fsp3) is 0.350. The first-order valence-corrected chi connectivity index (χ1v) is 10.0. The topological polar surface area (TPSA) is 59.3 Å². The lowest BCUT2D eigenvalue weighted by Gasteiger charge is -2.10. The van der Waals surface area contributed by atoms with Gasteiger partial charge in [-0.3, -0.25) is 4.79 Å². The second-order valence-electron chi connectivity index (χ2n) is 6.79. The lowest BCUT2D eigenvalue weighted by atomic mass is 10.0. The molecule has 3 rings (SSSR count). The van der Waals surface area contributed by atoms with Gasteiger partial charge >= 0.3 is 6.18 Å². The zero-order chi connectivity index (χ0) is 21.2. The first-order valence-electron chi connectivity index (χ1n) is 9.22. The van der Waals surface area contributed by atoms with Gasteiger partial charge < -0.3 is 5.32 Å². The summed E-state index contributed by atoms with van der Waals surface area (Å²) in [5.74, 6) is -0.317. The van der Waals surface area contributed by atoms with Crippen LogP contribution in [-0.2, 0) is 11.0 Å². The molecule has 1 N–H and O–H groups in total. The molecule has 0 radical (unpaired) electrons. The van der Waals surface area contributed by atoms with E-state index >= 15 is 0 Å². The third-order valence-electron chi connectivity index (χ3n) is 4.38. The van der Waals surface area contributed by atoms with Crippen molar-refractivity contribution in [1.82, 2.24) is 19.9 Å². The number of carbonyl (C=O) groups is 1. The maximum absolute atomic E-state index is 13.1. The Hall–Kier alpha value is -2.68. The van der Waals surface area contributed by atoms with Crippen LogP contribution in [0.2, 0.25) is 0 Å². The van der Waals surface area contributed by atoms with Crippen molar-refractivity contribution >= 4 is 28.3 Å². The number of halogens is 3. The van der Waals surface area contributed by atoms with Crippen LogP contribution in [0.3, 0.4) is 0 Å². The van der Waals surface area contributed by atoms with Gasteiger partial charge in [-0.2, -0.15) is 13.2 Å². The van der Waals surface area contributed by atoms with Crippen LogP contribution >= 0.6 is 11.3 Å². The first kappa shape index (κ1) is 21.0. The van der Waals surface area contributed by atoms with E-state index in [1.165, 1.54) is 12.2 Å². The predicted molar refractivity (Wildman–Crippen MR) is 108 cm³/mol. The van der Waals surface area contributed by atoms with Crippen molar-refractivity contribution in [3.8, 4) is 11.3 Å². The van der Waals surface area contributed by atoms with Crippen molar-refractivity contribution < 1.29 is 18.0 Å². The lowest BCUT2D eigenvalue weighted by molar-refractivity contribution is -0.138. The van der Waals surface area contributed by atoms with Gasteiger partial charge in [0.05, 0.1) is 11.4 Å². The summed E-state index contributed by atoms with van der Waals surface area (Å²) in [4.78, 5) is 16.7. The molecule has 154 valence electrons. The number of fused-ring (bicyclic) bond motifs is 1. The number of imidazole rings is 1. The van der Waals surface area contributed by atoms with E-state index in [0.29, 0.717) is 22.7 Å². The van der Waals surface area contributed by atoms with Crippen LogP contribution in [0.25, 0.3) is 22.3 Å². The van der Waals surface area contributed by atoms with Crippen LogP contribution in [0.5, 0.6) is 0 Å². The number of alkyl halides is 3. The molecule has 5 nitrogen and oxygen atoms in total. The van der Waals surface area contributed by atoms with E-state index in [4.69, 9.17) is 0 Å². The smallest absolute Gasteiger partial charge is 0.350 e. The molecule has 0 aliphatic carbocycles. The minimum absolute atomic E-state index is 0.00884. The van der Waals surface area contributed by atoms with Crippen molar-refractivity contribution in [2.75, 3.05) is 0 Å². The summed E-state index contributed by atoms with van der Waals surface area (Å²) in [5, 5.41) is 5.55. The summed E-state index contributed by atoms with van der Waals surface area (Å²) in [6.07, 6.45) is -0.00133. The number of nitrogens with zero attached hydrogens (tertiary/aromatic N) is 3. The number of carbonyl (C=O) groups excluding carboxylic acids is 1. The zero-order valence-electron chi connectivity index (χ0n) is 16.2. The third-order valence-corrected chi connectivity index (χ3v) is 5.34. The van der Waals surface area contributed by atoms with Gasteiger partial charge in [0.25, 0.3) is 0 Å². The van der Waals surface area contributed by atoms with Crippen LogP contribution in [0.4, 0.5) is 13.2 Å². The summed E-state index contributed by atoms with van der Waals surface area (Å²) in [5.41, 5.74) is 2.52. The van der Waals surface area contributed by atoms with E-state index < -0.39 is 11.2 Å². The van der Waals surface area contributed by atoms with Gasteiger partial charge in [-0.15, -0.1) is 5.10 Å². The monoisotopic (exact) mass is 422 g/mol. The predicted octanol–water partition coefficient (Wildman–Crippen LogP) is 5.10. The highest BCUT2D eigenvalue weighted by atomic mass is 32.1. The summed E-state index contributed by atoms with van der Waals surface area (Å²) in [6.45, 7) is 5.82. The van der Waals surface area contributed by atoms with Crippen LogP contribution in [-0.4, -0.2) is 26.5 Å². The molecule has 3 aromatic rings. The van der Waals surface area contributed by atoms with Gasteiger partial charge in [-0.05, 0) is 31.9 Å². The molecule has 2 aromatic heterocycles. The average Bonchev–Trinajstić information content (AvgIpc) is 3.18. The maximum Gasteiger partial charge on any atom is 0.445 e. The minimum atomic E-state index is -4.55. The number of aromatic nitrogens is 3. The molecule has 1 unspecified atom stereocenters. The number of hydrogen-bond donors (Lipinski definition) is 1. The van der Waals surface area contributed by atoms with Crippen LogP contribution in [0.15, 0.2) is 30.3 Å². The largest absolute Gasteiger partial charge is 0.445 e. The van der Waals surface area contributed by atoms with Gasteiger partial charge in [-0.1, -0.05) is 48.9 Å². The molecule has 0 spiro atoms. The van der Waals surface area contributed by atoms with Crippen molar-refractivity contribution in [2.45, 2.75) is 45.8 Å². The van der Waals surface area contributed by atoms with E-state index in [1.807, 2.05) is 45.0 Å². The fourth-order valence-electron chi connectivity index (χ4n) is 3.02. The van der Waals surface area contributed by atoms with E-state index in [1.54, 1.807) is 0 Å². The van der Waals surface area contributed by atoms with Gasteiger partial charge in [0.2, 0.25) is 15.9 Å². The molecule has 0 saturated carbocycles. The standard InChI is InChI=1S/C20H21F3N4OS/c1-4-7-13(3)24-16(28)11-10-15-17(14-9-6-5-8-12(14)2)25-19-27(15)26-18(29-19)20(21,22)23/h5-6,8-11,13H,4,7H2,1-3H3,(H,24,28). The zero-order valence-corrected chi connectivity index (χ0v) is 17.1. The molecule has 9 heteroatoms. The molecule has 1 aromatic carbocycles. The normalized spacial score (nSPS) is 13.3. The van der Waals surface area contributed by atoms with Crippen LogP contribution in [0.1, 0.15) is 43.0 Å². The van der Waals surface area contributed by atoms with Gasteiger partial charge in [0.15, 0.2) is 0 Å². The van der Waals surface area contributed by atoms with Gasteiger partial charge in [0, 0.05) is 17.7 Å². The number of hydrogen-bond acceptors (Lipinski definition) is 4. The molecule has 0 saturated heterocycles. The fourth-order valence-corrected chi connectivity index (χ4v) is 3.79. The Morgan fingerprint density at radius 3 is 2.72 bits per heavy atom. The summed E-state index contributed by atoms with van der Waals surface area (Å²) in [7, 11) is 0. The minimum Gasteiger partial charge on any atom is -0.350 e. The molecule has 0 bridgehead atoms. The number of aryl methyl sites for hydroxylation is 1. The summed E-state index contributed by atoms with van der Waals surface area (Å²) in [6, 6.07) is 7.44. The molecule has 2 heterocycles. The molecule has 0 aliphatic rings. The number of nitrogens with one attached hydrogen (secondary N) is 1. The van der Waals surface area contributed by atoms with E-state index in [9.17, 15) is 18.0 Å². The average molecular weight is 422 g/mol. The number of amides is 1. The Morgan fingerprint density at radius 1 is 1.34 bits per heavy atom. The Balaban J connectivity index is 2.05. The quantitative estimate of drug-likeness (QED) is 0.562. The summed E-state index contributed by atoms with van der Waals surface area (Å²) >= 11 is 0.473. The number of benzene rings is 1.